The number of anilines is 1. The van der Waals surface area contributed by atoms with Gasteiger partial charge in [0, 0.05) is 10.6 Å². The van der Waals surface area contributed by atoms with Crippen molar-refractivity contribution in [2.45, 2.75) is 15.8 Å². The molecule has 0 fully saturated rings. The molecule has 0 spiro atoms. The van der Waals surface area contributed by atoms with Crippen LogP contribution >= 0.6 is 23.4 Å². The first-order chi connectivity index (χ1) is 6.41. The largest absolute Gasteiger partial charge is 0.414 e. The summed E-state index contributed by atoms with van der Waals surface area (Å²) in [6, 6.07) is 6.29. The highest BCUT2D eigenvalue weighted by atomic mass is 35.5. The van der Waals surface area contributed by atoms with Gasteiger partial charge in [0.05, 0.1) is 0 Å². The lowest BCUT2D eigenvalue weighted by molar-refractivity contribution is -0.113. The lowest BCUT2D eigenvalue weighted by atomic mass is 10.3. The molecule has 0 saturated heterocycles. The van der Waals surface area contributed by atoms with Gasteiger partial charge in [-0.1, -0.05) is 23.9 Å². The molecule has 0 aliphatic heterocycles. The molecule has 78 valence electrons. The average molecular weight is 242 g/mol. The van der Waals surface area contributed by atoms with Crippen LogP contribution in [0.15, 0.2) is 29.2 Å². The van der Waals surface area contributed by atoms with Gasteiger partial charge in [-0.05, 0) is 12.1 Å². The van der Waals surface area contributed by atoms with Crippen LogP contribution in [0.5, 0.6) is 0 Å². The highest BCUT2D eigenvalue weighted by Crippen LogP contribution is 2.39. The monoisotopic (exact) mass is 241 g/mol. The Bertz CT molecular complexity index is 316. The van der Waals surface area contributed by atoms with Gasteiger partial charge in [-0.2, -0.15) is 13.2 Å². The summed E-state index contributed by atoms with van der Waals surface area (Å²) in [6.45, 7) is 0. The number of rotatable bonds is 2. The molecule has 0 saturated carbocycles. The highest BCUT2D eigenvalue weighted by molar-refractivity contribution is 8.01. The third kappa shape index (κ3) is 2.99. The maximum atomic E-state index is 12.1. The number of benzene rings is 1. The van der Waals surface area contributed by atoms with Gasteiger partial charge in [0.1, 0.15) is 0 Å². The third-order valence-electron chi connectivity index (χ3n) is 1.41. The van der Waals surface area contributed by atoms with E-state index in [-0.39, 0.29) is 0 Å². The second kappa shape index (κ2) is 4.31. The van der Waals surface area contributed by atoms with Gasteiger partial charge in [0.25, 0.3) is 0 Å². The first-order valence-corrected chi connectivity index (χ1v) is 4.95. The van der Waals surface area contributed by atoms with Crippen molar-refractivity contribution >= 4 is 29.1 Å². The molecule has 1 atom stereocenters. The van der Waals surface area contributed by atoms with E-state index in [4.69, 9.17) is 17.3 Å². The van der Waals surface area contributed by atoms with E-state index in [1.165, 1.54) is 12.1 Å². The van der Waals surface area contributed by atoms with Crippen molar-refractivity contribution in [2.24, 2.45) is 0 Å². The highest BCUT2D eigenvalue weighted by Gasteiger charge is 2.39. The summed E-state index contributed by atoms with van der Waals surface area (Å²) in [5.41, 5.74) is 5.76. The Morgan fingerprint density at radius 1 is 1.29 bits per heavy atom. The van der Waals surface area contributed by atoms with Gasteiger partial charge >= 0.3 is 6.18 Å². The van der Waals surface area contributed by atoms with E-state index in [1.807, 2.05) is 0 Å². The standard InChI is InChI=1S/C8H7ClF3NS/c9-7(8(10,11)12)14-6-4-2-1-3-5(6)13/h1-4,7H,13H2/t7-/m0/s1. The lowest BCUT2D eigenvalue weighted by Gasteiger charge is -2.13. The van der Waals surface area contributed by atoms with Crippen LogP contribution in [0.3, 0.4) is 0 Å². The Balaban J connectivity index is 2.75. The van der Waals surface area contributed by atoms with Gasteiger partial charge in [0.2, 0.25) is 0 Å². The molecule has 0 aromatic heterocycles. The van der Waals surface area contributed by atoms with Gasteiger partial charge < -0.3 is 5.73 Å². The SMILES string of the molecule is Nc1ccccc1S[C@H](Cl)C(F)(F)F. The quantitative estimate of drug-likeness (QED) is 0.487. The number of nitrogen functional groups attached to an aromatic ring is 1. The number of hydrogen-bond donors (Lipinski definition) is 1. The van der Waals surface area contributed by atoms with Gasteiger partial charge in [-0.3, -0.25) is 0 Å². The van der Waals surface area contributed by atoms with Gasteiger partial charge in [-0.15, -0.1) is 11.6 Å². The maximum Gasteiger partial charge on any atom is 0.414 e. The minimum atomic E-state index is -4.42. The molecular weight excluding hydrogens is 235 g/mol. The number of hydrogen-bond acceptors (Lipinski definition) is 2. The van der Waals surface area contributed by atoms with Crippen LogP contribution in [0.1, 0.15) is 0 Å². The second-order valence-electron chi connectivity index (χ2n) is 2.51. The van der Waals surface area contributed by atoms with Crippen molar-refractivity contribution in [3.05, 3.63) is 24.3 Å². The molecule has 0 aliphatic rings. The number of para-hydroxylation sites is 1. The predicted octanol–water partition coefficient (Wildman–Crippen LogP) is 3.49. The molecule has 14 heavy (non-hydrogen) atoms. The van der Waals surface area contributed by atoms with Crippen molar-refractivity contribution in [3.63, 3.8) is 0 Å². The van der Waals surface area contributed by atoms with E-state index in [1.54, 1.807) is 12.1 Å². The van der Waals surface area contributed by atoms with E-state index in [9.17, 15) is 13.2 Å². The first-order valence-electron chi connectivity index (χ1n) is 3.63. The lowest BCUT2D eigenvalue weighted by Crippen LogP contribution is -2.19. The Hall–Kier alpha value is -0.550. The second-order valence-corrected chi connectivity index (χ2v) is 4.36. The molecular formula is C8H7ClF3NS. The van der Waals surface area contributed by atoms with E-state index in [0.717, 1.165) is 0 Å². The fourth-order valence-electron chi connectivity index (χ4n) is 0.766. The average Bonchev–Trinajstić information content (AvgIpc) is 2.07. The number of halogens is 4. The van der Waals surface area contributed by atoms with E-state index >= 15 is 0 Å². The fourth-order valence-corrected chi connectivity index (χ4v) is 1.77. The van der Waals surface area contributed by atoms with Crippen LogP contribution in [0, 0.1) is 0 Å². The van der Waals surface area contributed by atoms with Crippen molar-refractivity contribution in [2.75, 3.05) is 5.73 Å². The van der Waals surface area contributed by atoms with Crippen molar-refractivity contribution in [1.29, 1.82) is 0 Å². The molecule has 1 rings (SSSR count). The molecule has 0 aliphatic carbocycles. The minimum absolute atomic E-state index is 0.299. The molecule has 2 N–H and O–H groups in total. The summed E-state index contributed by atoms with van der Waals surface area (Å²) in [6.07, 6.45) is -4.42. The van der Waals surface area contributed by atoms with E-state index in [2.05, 4.69) is 0 Å². The zero-order chi connectivity index (χ0) is 10.8. The summed E-state index contributed by atoms with van der Waals surface area (Å²) in [5, 5.41) is 0. The maximum absolute atomic E-state index is 12.1. The molecule has 0 radical (unpaired) electrons. The summed E-state index contributed by atoms with van der Waals surface area (Å²) in [5.74, 6) is 0. The third-order valence-corrected chi connectivity index (χ3v) is 3.02. The van der Waals surface area contributed by atoms with Crippen molar-refractivity contribution in [1.82, 2.24) is 0 Å². The summed E-state index contributed by atoms with van der Waals surface area (Å²) in [7, 11) is 0. The topological polar surface area (TPSA) is 26.0 Å². The molecule has 0 bridgehead atoms. The molecule has 6 heteroatoms. The summed E-state index contributed by atoms with van der Waals surface area (Å²) < 4.78 is 34.3. The number of thioether (sulfide) groups is 1. The smallest absolute Gasteiger partial charge is 0.398 e. The zero-order valence-corrected chi connectivity index (χ0v) is 8.46. The van der Waals surface area contributed by atoms with Gasteiger partial charge in [0.15, 0.2) is 4.71 Å². The Kier molecular flexibility index (Phi) is 3.55. The van der Waals surface area contributed by atoms with Crippen molar-refractivity contribution < 1.29 is 13.2 Å². The predicted molar refractivity (Wildman–Crippen MR) is 52.4 cm³/mol. The van der Waals surface area contributed by atoms with Crippen LogP contribution in [0.2, 0.25) is 0 Å². The minimum Gasteiger partial charge on any atom is -0.398 e. The van der Waals surface area contributed by atoms with Crippen molar-refractivity contribution in [3.8, 4) is 0 Å². The van der Waals surface area contributed by atoms with E-state index in [0.29, 0.717) is 22.3 Å². The molecule has 0 heterocycles. The fraction of sp³-hybridized carbons (Fsp3) is 0.250. The van der Waals surface area contributed by atoms with Crippen LogP contribution in [0.25, 0.3) is 0 Å². The Labute approximate surface area is 88.4 Å². The Morgan fingerprint density at radius 3 is 2.36 bits per heavy atom. The number of alkyl halides is 4. The Morgan fingerprint density at radius 2 is 1.86 bits per heavy atom. The summed E-state index contributed by atoms with van der Waals surface area (Å²) >= 11 is 5.64. The molecule has 0 amide bonds. The molecule has 1 aromatic rings. The van der Waals surface area contributed by atoms with Crippen LogP contribution in [-0.4, -0.2) is 10.9 Å². The molecule has 0 unspecified atom stereocenters. The molecule has 1 nitrogen and oxygen atoms in total. The zero-order valence-electron chi connectivity index (χ0n) is 6.88. The number of nitrogens with two attached hydrogens (primary N) is 1. The van der Waals surface area contributed by atoms with Gasteiger partial charge in [-0.25, -0.2) is 0 Å². The van der Waals surface area contributed by atoms with E-state index < -0.39 is 10.9 Å². The van der Waals surface area contributed by atoms with Crippen LogP contribution in [-0.2, 0) is 0 Å². The summed E-state index contributed by atoms with van der Waals surface area (Å²) in [4.78, 5) is 0.338. The van der Waals surface area contributed by atoms with Crippen LogP contribution in [0.4, 0.5) is 18.9 Å². The molecule has 1 aromatic carbocycles. The normalized spacial score (nSPS) is 14.0. The first kappa shape index (κ1) is 11.5. The van der Waals surface area contributed by atoms with Crippen LogP contribution < -0.4 is 5.73 Å².